The first-order valence-electron chi connectivity index (χ1n) is 5.91. The Morgan fingerprint density at radius 3 is 2.71 bits per heavy atom. The van der Waals surface area contributed by atoms with Crippen molar-refractivity contribution in [3.8, 4) is 5.75 Å². The molecule has 0 bridgehead atoms. The van der Waals surface area contributed by atoms with E-state index in [4.69, 9.17) is 33.7 Å². The van der Waals surface area contributed by atoms with Gasteiger partial charge in [0.1, 0.15) is 17.1 Å². The minimum absolute atomic E-state index is 0.447. The van der Waals surface area contributed by atoms with E-state index in [9.17, 15) is 0 Å². The van der Waals surface area contributed by atoms with E-state index in [1.165, 1.54) is 0 Å². The summed E-state index contributed by atoms with van der Waals surface area (Å²) in [6, 6.07) is 7.07. The van der Waals surface area contributed by atoms with Gasteiger partial charge < -0.3 is 15.8 Å². The van der Waals surface area contributed by atoms with Gasteiger partial charge in [-0.3, -0.25) is 0 Å². The second-order valence-corrected chi connectivity index (χ2v) is 5.57. The summed E-state index contributed by atoms with van der Waals surface area (Å²) < 4.78 is 13.6. The largest absolute Gasteiger partial charge is 0.495 e. The molecule has 1 heterocycles. The standard InChI is InChI=1S/C13H10Cl2N4OS/c1-20-9-4-2-3-8(10(9)16)17-11-6(14)5-7(15)12-13(11)19-21-18-12/h2-5,17H,16H2,1H3. The van der Waals surface area contributed by atoms with Gasteiger partial charge in [-0.2, -0.15) is 8.73 Å². The van der Waals surface area contributed by atoms with Crippen LogP contribution in [0.5, 0.6) is 5.75 Å². The SMILES string of the molecule is COc1cccc(Nc2c(Cl)cc(Cl)c3c2N=S=N3)c1N. The van der Waals surface area contributed by atoms with Crippen LogP contribution in [-0.2, 0) is 11.4 Å². The lowest BCUT2D eigenvalue weighted by molar-refractivity contribution is 0.417. The van der Waals surface area contributed by atoms with Crippen molar-refractivity contribution in [2.45, 2.75) is 0 Å². The molecule has 0 saturated heterocycles. The van der Waals surface area contributed by atoms with Gasteiger partial charge in [0.05, 0.1) is 45.6 Å². The number of hydrogen-bond acceptors (Lipinski definition) is 5. The van der Waals surface area contributed by atoms with Crippen LogP contribution in [0.2, 0.25) is 10.0 Å². The number of halogens is 2. The van der Waals surface area contributed by atoms with Crippen molar-refractivity contribution < 1.29 is 4.74 Å². The highest BCUT2D eigenvalue weighted by Gasteiger charge is 2.19. The fraction of sp³-hybridized carbons (Fsp3) is 0.0769. The highest BCUT2D eigenvalue weighted by Crippen LogP contribution is 2.49. The van der Waals surface area contributed by atoms with Gasteiger partial charge in [0.15, 0.2) is 0 Å². The summed E-state index contributed by atoms with van der Waals surface area (Å²) >= 11 is 13.4. The quantitative estimate of drug-likeness (QED) is 0.655. The number of methoxy groups -OCH3 is 1. The molecule has 5 nitrogen and oxygen atoms in total. The Bertz CT molecular complexity index is 803. The third kappa shape index (κ3) is 2.46. The van der Waals surface area contributed by atoms with E-state index in [2.05, 4.69) is 14.0 Å². The van der Waals surface area contributed by atoms with Crippen LogP contribution >= 0.6 is 23.2 Å². The van der Waals surface area contributed by atoms with Crippen LogP contribution in [-0.4, -0.2) is 7.11 Å². The third-order valence-corrected chi connectivity index (χ3v) is 4.10. The van der Waals surface area contributed by atoms with E-state index in [0.717, 1.165) is 11.4 Å². The zero-order chi connectivity index (χ0) is 15.0. The smallest absolute Gasteiger partial charge is 0.143 e. The van der Waals surface area contributed by atoms with Crippen LogP contribution < -0.4 is 15.8 Å². The van der Waals surface area contributed by atoms with E-state index < -0.39 is 0 Å². The highest BCUT2D eigenvalue weighted by molar-refractivity contribution is 7.58. The van der Waals surface area contributed by atoms with Crippen LogP contribution in [0.4, 0.5) is 28.4 Å². The van der Waals surface area contributed by atoms with Crippen molar-refractivity contribution >= 4 is 63.0 Å². The van der Waals surface area contributed by atoms with E-state index in [1.807, 2.05) is 12.1 Å². The molecule has 3 rings (SSSR count). The normalized spacial score (nSPS) is 12.0. The maximum absolute atomic E-state index is 6.26. The summed E-state index contributed by atoms with van der Waals surface area (Å²) in [7, 11) is 1.56. The number of nitrogens with one attached hydrogen (secondary N) is 1. The monoisotopic (exact) mass is 340 g/mol. The van der Waals surface area contributed by atoms with Crippen LogP contribution in [0.3, 0.4) is 0 Å². The van der Waals surface area contributed by atoms with Gasteiger partial charge in [-0.25, -0.2) is 0 Å². The molecule has 0 fully saturated rings. The number of rotatable bonds is 3. The van der Waals surface area contributed by atoms with Gasteiger partial charge in [-0.05, 0) is 18.2 Å². The number of hydrogen-bond donors (Lipinski definition) is 2. The third-order valence-electron chi connectivity index (χ3n) is 2.99. The van der Waals surface area contributed by atoms with Crippen molar-refractivity contribution in [2.24, 2.45) is 8.73 Å². The summed E-state index contributed by atoms with van der Waals surface area (Å²) in [5, 5.41) is 4.09. The summed E-state index contributed by atoms with van der Waals surface area (Å²) in [5.41, 5.74) is 9.05. The average Bonchev–Trinajstić information content (AvgIpc) is 2.95. The van der Waals surface area contributed by atoms with Gasteiger partial charge in [-0.1, -0.05) is 29.3 Å². The Kier molecular flexibility index (Phi) is 3.75. The summed E-state index contributed by atoms with van der Waals surface area (Å²) in [5.74, 6) is 0.581. The molecular formula is C13H10Cl2N4OS. The number of benzene rings is 2. The minimum atomic E-state index is 0.447. The second-order valence-electron chi connectivity index (χ2n) is 4.22. The Balaban J connectivity index is 2.08. The Morgan fingerprint density at radius 2 is 1.95 bits per heavy atom. The number of anilines is 3. The molecule has 2 aromatic carbocycles. The number of nitrogens with two attached hydrogens (primary N) is 1. The lowest BCUT2D eigenvalue weighted by atomic mass is 10.2. The molecule has 0 unspecified atom stereocenters. The van der Waals surface area contributed by atoms with Crippen LogP contribution in [0.1, 0.15) is 0 Å². The van der Waals surface area contributed by atoms with Crippen molar-refractivity contribution in [3.63, 3.8) is 0 Å². The molecule has 0 atom stereocenters. The predicted octanol–water partition coefficient (Wildman–Crippen LogP) is 5.05. The van der Waals surface area contributed by atoms with E-state index in [-0.39, 0.29) is 0 Å². The number of nitrogen functional groups attached to an aromatic ring is 1. The lowest BCUT2D eigenvalue weighted by Crippen LogP contribution is -1.99. The predicted molar refractivity (Wildman–Crippen MR) is 88.7 cm³/mol. The second kappa shape index (κ2) is 5.55. The van der Waals surface area contributed by atoms with E-state index >= 15 is 0 Å². The van der Waals surface area contributed by atoms with Gasteiger partial charge in [0, 0.05) is 0 Å². The molecule has 0 amide bonds. The molecule has 0 spiro atoms. The summed E-state index contributed by atoms with van der Waals surface area (Å²) in [4.78, 5) is 0. The molecule has 2 aromatic rings. The van der Waals surface area contributed by atoms with Crippen LogP contribution in [0.15, 0.2) is 33.0 Å². The average molecular weight is 341 g/mol. The molecule has 3 N–H and O–H groups in total. The minimum Gasteiger partial charge on any atom is -0.495 e. The van der Waals surface area contributed by atoms with Crippen molar-refractivity contribution in [1.82, 2.24) is 0 Å². The van der Waals surface area contributed by atoms with Gasteiger partial charge in [0.25, 0.3) is 0 Å². The topological polar surface area (TPSA) is 72.0 Å². The fourth-order valence-electron chi connectivity index (χ4n) is 1.96. The molecule has 1 aliphatic rings. The lowest BCUT2D eigenvalue weighted by Gasteiger charge is -2.15. The number of nitrogens with zero attached hydrogens (tertiary/aromatic N) is 2. The van der Waals surface area contributed by atoms with E-state index in [0.29, 0.717) is 44.2 Å². The van der Waals surface area contributed by atoms with E-state index in [1.54, 1.807) is 19.2 Å². The van der Waals surface area contributed by atoms with Gasteiger partial charge in [0.2, 0.25) is 0 Å². The van der Waals surface area contributed by atoms with Gasteiger partial charge in [-0.15, -0.1) is 0 Å². The maximum atomic E-state index is 6.26. The Labute approximate surface area is 134 Å². The number of para-hydroxylation sites is 1. The Hall–Kier alpha value is -1.76. The first-order valence-corrected chi connectivity index (χ1v) is 7.40. The molecule has 0 radical (unpaired) electrons. The summed E-state index contributed by atoms with van der Waals surface area (Å²) in [6.07, 6.45) is 0. The number of ether oxygens (including phenoxy) is 1. The molecule has 1 aliphatic heterocycles. The van der Waals surface area contributed by atoms with Gasteiger partial charge >= 0.3 is 0 Å². The van der Waals surface area contributed by atoms with Crippen molar-refractivity contribution in [2.75, 3.05) is 18.2 Å². The maximum Gasteiger partial charge on any atom is 0.143 e. The van der Waals surface area contributed by atoms with Crippen LogP contribution in [0, 0.1) is 0 Å². The van der Waals surface area contributed by atoms with Crippen LogP contribution in [0.25, 0.3) is 0 Å². The molecule has 21 heavy (non-hydrogen) atoms. The first kappa shape index (κ1) is 14.2. The molecule has 0 aliphatic carbocycles. The zero-order valence-electron chi connectivity index (χ0n) is 10.9. The molecular weight excluding hydrogens is 331 g/mol. The molecule has 108 valence electrons. The molecule has 0 saturated carbocycles. The first-order chi connectivity index (χ1) is 10.1. The Morgan fingerprint density at radius 1 is 1.19 bits per heavy atom. The highest BCUT2D eigenvalue weighted by atomic mass is 35.5. The number of fused-ring (bicyclic) bond motifs is 1. The zero-order valence-corrected chi connectivity index (χ0v) is 13.2. The molecule has 8 heteroatoms. The fourth-order valence-corrected chi connectivity index (χ4v) is 3.12. The molecule has 0 aromatic heterocycles. The van der Waals surface area contributed by atoms with Crippen molar-refractivity contribution in [1.29, 1.82) is 0 Å². The summed E-state index contributed by atoms with van der Waals surface area (Å²) in [6.45, 7) is 0. The van der Waals surface area contributed by atoms with Crippen molar-refractivity contribution in [3.05, 3.63) is 34.3 Å².